The Kier molecular flexibility index (Phi) is 3.68. The minimum absolute atomic E-state index is 0.0719. The van der Waals surface area contributed by atoms with E-state index in [-0.39, 0.29) is 29.3 Å². The predicted octanol–water partition coefficient (Wildman–Crippen LogP) is 3.78. The van der Waals surface area contributed by atoms with Gasteiger partial charge in [0.15, 0.2) is 0 Å². The second-order valence-corrected chi connectivity index (χ2v) is 7.15. The lowest BCUT2D eigenvalue weighted by Gasteiger charge is -2.38. The molecular weight excluding hydrogens is 373 g/mol. The van der Waals surface area contributed by atoms with Crippen LogP contribution >= 0.6 is 15.9 Å². The normalized spacial score (nSPS) is 24.2. The van der Waals surface area contributed by atoms with E-state index in [0.717, 1.165) is 22.0 Å². The van der Waals surface area contributed by atoms with Gasteiger partial charge in [-0.3, -0.25) is 0 Å². The number of carbonyl (C=O) groups is 1. The Labute approximate surface area is 147 Å². The lowest BCUT2D eigenvalue weighted by atomic mass is 9.76. The molecule has 122 valence electrons. The number of fused-ring (bicyclic) bond motifs is 3. The van der Waals surface area contributed by atoms with Crippen molar-refractivity contribution in [1.82, 2.24) is 0 Å². The molecule has 0 fully saturated rings. The second-order valence-electron chi connectivity index (χ2n) is 6.23. The Morgan fingerprint density at radius 1 is 1.25 bits per heavy atom. The molecule has 0 saturated heterocycles. The number of carboxylic acid groups (broad SMARTS) is 1. The maximum atomic E-state index is 13.3. The van der Waals surface area contributed by atoms with Crippen LogP contribution in [-0.4, -0.2) is 5.97 Å². The maximum absolute atomic E-state index is 13.3. The number of nitrogens with one attached hydrogen (secondary N) is 1. The van der Waals surface area contributed by atoms with Crippen molar-refractivity contribution in [3.05, 3.63) is 75.5 Å². The molecule has 24 heavy (non-hydrogen) atoms. The van der Waals surface area contributed by atoms with Crippen LogP contribution in [0.15, 0.2) is 53.0 Å². The molecule has 0 radical (unpaired) electrons. The number of allylic oxidation sites excluding steroid dienone is 2. The van der Waals surface area contributed by atoms with Crippen molar-refractivity contribution in [3.8, 4) is 0 Å². The summed E-state index contributed by atoms with van der Waals surface area (Å²) in [6.07, 6.45) is 5.15. The van der Waals surface area contributed by atoms with E-state index in [1.807, 2.05) is 6.07 Å². The molecule has 2 aromatic carbocycles. The van der Waals surface area contributed by atoms with E-state index >= 15 is 0 Å². The molecule has 0 unspecified atom stereocenters. The van der Waals surface area contributed by atoms with Gasteiger partial charge in [-0.15, -0.1) is 0 Å². The lowest BCUT2D eigenvalue weighted by molar-refractivity contribution is -0.254. The Morgan fingerprint density at radius 2 is 2.00 bits per heavy atom. The van der Waals surface area contributed by atoms with Crippen LogP contribution in [0.3, 0.4) is 0 Å². The van der Waals surface area contributed by atoms with Crippen LogP contribution in [0.4, 0.5) is 10.1 Å². The maximum Gasteiger partial charge on any atom is 0.123 e. The smallest absolute Gasteiger partial charge is 0.123 e. The fourth-order valence-corrected chi connectivity index (χ4v) is 4.30. The number of hydrogen-bond acceptors (Lipinski definition) is 3. The molecule has 1 N–H and O–H groups in total. The first-order valence-electron chi connectivity index (χ1n) is 7.78. The first kappa shape index (κ1) is 15.4. The van der Waals surface area contributed by atoms with E-state index in [1.54, 1.807) is 18.2 Å². The summed E-state index contributed by atoms with van der Waals surface area (Å²) < 4.78 is 14.0. The molecule has 2 aliphatic rings. The highest BCUT2D eigenvalue weighted by Crippen LogP contribution is 2.51. The van der Waals surface area contributed by atoms with Gasteiger partial charge in [0, 0.05) is 21.6 Å². The molecule has 5 heteroatoms. The topological polar surface area (TPSA) is 52.2 Å². The van der Waals surface area contributed by atoms with Gasteiger partial charge in [-0.25, -0.2) is 4.39 Å². The molecule has 0 amide bonds. The molecule has 3 nitrogen and oxygen atoms in total. The summed E-state index contributed by atoms with van der Waals surface area (Å²) in [6, 6.07) is 9.83. The minimum atomic E-state index is -1.21. The average molecular weight is 387 g/mol. The Bertz CT molecular complexity index is 847. The van der Waals surface area contributed by atoms with E-state index in [4.69, 9.17) is 0 Å². The summed E-state index contributed by atoms with van der Waals surface area (Å²) in [6.45, 7) is 0. The second kappa shape index (κ2) is 5.74. The molecule has 1 aliphatic carbocycles. The van der Waals surface area contributed by atoms with Crippen LogP contribution < -0.4 is 10.4 Å². The van der Waals surface area contributed by atoms with E-state index in [1.165, 1.54) is 12.1 Å². The number of halogens is 2. The van der Waals surface area contributed by atoms with Crippen LogP contribution in [0.2, 0.25) is 0 Å². The van der Waals surface area contributed by atoms with Crippen molar-refractivity contribution in [2.75, 3.05) is 5.32 Å². The quantitative estimate of drug-likeness (QED) is 0.799. The van der Waals surface area contributed by atoms with Gasteiger partial charge in [0.05, 0.1) is 12.0 Å². The molecule has 0 bridgehead atoms. The molecule has 1 heterocycles. The van der Waals surface area contributed by atoms with Gasteiger partial charge in [0.25, 0.3) is 0 Å². The number of aromatic carboxylic acids is 1. The third-order valence-corrected chi connectivity index (χ3v) is 5.34. The summed E-state index contributed by atoms with van der Waals surface area (Å²) in [5.74, 6) is -1.09. The highest BCUT2D eigenvalue weighted by atomic mass is 79.9. The fraction of sp³-hybridized carbons (Fsp3) is 0.211. The first-order chi connectivity index (χ1) is 11.5. The van der Waals surface area contributed by atoms with Crippen molar-refractivity contribution >= 4 is 27.6 Å². The molecule has 0 spiro atoms. The van der Waals surface area contributed by atoms with Crippen LogP contribution in [0.25, 0.3) is 0 Å². The highest BCUT2D eigenvalue weighted by Gasteiger charge is 2.39. The SMILES string of the molecule is O=C([O-])c1cc(Br)cc2c1N[C@@H](c1ccc(F)cc1)[C@H]1CC=C[C@H]21. The zero-order valence-corrected chi connectivity index (χ0v) is 14.2. The third-order valence-electron chi connectivity index (χ3n) is 4.88. The van der Waals surface area contributed by atoms with Gasteiger partial charge < -0.3 is 15.2 Å². The Balaban J connectivity index is 1.86. The Morgan fingerprint density at radius 3 is 2.71 bits per heavy atom. The van der Waals surface area contributed by atoms with Crippen molar-refractivity contribution in [2.45, 2.75) is 18.4 Å². The van der Waals surface area contributed by atoms with Gasteiger partial charge in [-0.1, -0.05) is 40.2 Å². The van der Waals surface area contributed by atoms with Crippen molar-refractivity contribution in [3.63, 3.8) is 0 Å². The molecule has 3 atom stereocenters. The fourth-order valence-electron chi connectivity index (χ4n) is 3.83. The van der Waals surface area contributed by atoms with Crippen LogP contribution in [0.5, 0.6) is 0 Å². The summed E-state index contributed by atoms with van der Waals surface area (Å²) in [5.41, 5.74) is 2.65. The number of rotatable bonds is 2. The summed E-state index contributed by atoms with van der Waals surface area (Å²) in [4.78, 5) is 11.6. The van der Waals surface area contributed by atoms with Gasteiger partial charge in [-0.2, -0.15) is 0 Å². The summed E-state index contributed by atoms with van der Waals surface area (Å²) >= 11 is 3.39. The van der Waals surface area contributed by atoms with Crippen molar-refractivity contribution < 1.29 is 14.3 Å². The van der Waals surface area contributed by atoms with Crippen LogP contribution in [-0.2, 0) is 0 Å². The Hall–Kier alpha value is -2.14. The van der Waals surface area contributed by atoms with Gasteiger partial charge in [0.2, 0.25) is 0 Å². The average Bonchev–Trinajstić information content (AvgIpc) is 3.04. The van der Waals surface area contributed by atoms with Gasteiger partial charge >= 0.3 is 0 Å². The molecule has 1 aliphatic heterocycles. The number of hydrogen-bond donors (Lipinski definition) is 1. The van der Waals surface area contributed by atoms with E-state index in [9.17, 15) is 14.3 Å². The third kappa shape index (κ3) is 2.44. The summed E-state index contributed by atoms with van der Waals surface area (Å²) in [7, 11) is 0. The monoisotopic (exact) mass is 386 g/mol. The number of carboxylic acids is 1. The van der Waals surface area contributed by atoms with Crippen LogP contribution in [0.1, 0.15) is 39.9 Å². The van der Waals surface area contributed by atoms with Crippen molar-refractivity contribution in [1.29, 1.82) is 0 Å². The standard InChI is InChI=1S/C19H15BrFNO2/c20-11-8-15-13-2-1-3-14(13)17(10-4-6-12(21)7-5-10)22-18(15)16(9-11)19(23)24/h1-2,4-9,13-14,17,22H,3H2,(H,23,24)/p-1/t13-,14-,17-/m0/s1. The van der Waals surface area contributed by atoms with Crippen LogP contribution in [0, 0.1) is 11.7 Å². The number of benzene rings is 2. The molecule has 2 aromatic rings. The van der Waals surface area contributed by atoms with Gasteiger partial charge in [-0.05, 0) is 47.7 Å². The summed E-state index contributed by atoms with van der Waals surface area (Å²) in [5, 5.41) is 14.9. The molecule has 4 rings (SSSR count). The zero-order chi connectivity index (χ0) is 16.8. The highest BCUT2D eigenvalue weighted by molar-refractivity contribution is 9.10. The zero-order valence-electron chi connectivity index (χ0n) is 12.6. The minimum Gasteiger partial charge on any atom is -0.545 e. The molecule has 0 saturated carbocycles. The van der Waals surface area contributed by atoms with E-state index < -0.39 is 5.97 Å². The van der Waals surface area contributed by atoms with E-state index in [2.05, 4.69) is 33.4 Å². The largest absolute Gasteiger partial charge is 0.545 e. The number of anilines is 1. The molecular formula is C19H14BrFNO2-. The first-order valence-corrected chi connectivity index (χ1v) is 8.57. The lowest BCUT2D eigenvalue weighted by Crippen LogP contribution is -2.32. The van der Waals surface area contributed by atoms with Crippen molar-refractivity contribution in [2.24, 2.45) is 5.92 Å². The predicted molar refractivity (Wildman–Crippen MR) is 91.2 cm³/mol. The number of carbonyl (C=O) groups excluding carboxylic acids is 1. The van der Waals surface area contributed by atoms with E-state index in [0.29, 0.717) is 5.69 Å². The molecule has 0 aromatic heterocycles. The van der Waals surface area contributed by atoms with Gasteiger partial charge in [0.1, 0.15) is 5.82 Å².